The van der Waals surface area contributed by atoms with Crippen molar-refractivity contribution in [3.05, 3.63) is 0 Å². The lowest BCUT2D eigenvalue weighted by molar-refractivity contribution is -0.132. The number of amides is 1. The first kappa shape index (κ1) is 13.4. The molecule has 0 spiro atoms. The first-order chi connectivity index (χ1) is 6.63. The Bertz CT molecular complexity index is 157. The summed E-state index contributed by atoms with van der Waals surface area (Å²) >= 11 is 0. The van der Waals surface area contributed by atoms with Crippen LogP contribution in [0.15, 0.2) is 0 Å². The summed E-state index contributed by atoms with van der Waals surface area (Å²) < 4.78 is 0. The van der Waals surface area contributed by atoms with E-state index in [9.17, 15) is 4.79 Å². The van der Waals surface area contributed by atoms with Crippen molar-refractivity contribution in [1.29, 1.82) is 0 Å². The molecule has 0 unspecified atom stereocenters. The summed E-state index contributed by atoms with van der Waals surface area (Å²) in [5.41, 5.74) is 5.38. The Morgan fingerprint density at radius 3 is 2.36 bits per heavy atom. The molecule has 0 aromatic heterocycles. The lowest BCUT2D eigenvalue weighted by Crippen LogP contribution is -2.36. The maximum atomic E-state index is 11.7. The topological polar surface area (TPSA) is 46.3 Å². The number of hydrogen-bond donors (Lipinski definition) is 1. The van der Waals surface area contributed by atoms with Gasteiger partial charge in [0, 0.05) is 19.0 Å². The zero-order chi connectivity index (χ0) is 11.0. The molecule has 0 aromatic rings. The summed E-state index contributed by atoms with van der Waals surface area (Å²) in [6.45, 7) is 7.68. The minimum atomic E-state index is 0.277. The van der Waals surface area contributed by atoms with Crippen molar-refractivity contribution in [3.63, 3.8) is 0 Å². The van der Waals surface area contributed by atoms with E-state index in [2.05, 4.69) is 13.8 Å². The van der Waals surface area contributed by atoms with Gasteiger partial charge in [-0.15, -0.1) is 0 Å². The summed E-state index contributed by atoms with van der Waals surface area (Å²) in [7, 11) is 0. The second kappa shape index (κ2) is 7.80. The second-order valence-corrected chi connectivity index (χ2v) is 3.87. The van der Waals surface area contributed by atoms with E-state index in [-0.39, 0.29) is 5.91 Å². The van der Waals surface area contributed by atoms with Gasteiger partial charge in [0.2, 0.25) is 5.91 Å². The largest absolute Gasteiger partial charge is 0.341 e. The Balaban J connectivity index is 3.70. The number of hydrogen-bond acceptors (Lipinski definition) is 2. The van der Waals surface area contributed by atoms with Gasteiger partial charge in [-0.1, -0.05) is 6.42 Å². The van der Waals surface area contributed by atoms with Gasteiger partial charge in [-0.2, -0.15) is 0 Å². The fourth-order valence-electron chi connectivity index (χ4n) is 1.57. The predicted octanol–water partition coefficient (Wildman–Crippen LogP) is 1.76. The molecule has 14 heavy (non-hydrogen) atoms. The van der Waals surface area contributed by atoms with Gasteiger partial charge in [0.25, 0.3) is 0 Å². The molecule has 1 amide bonds. The molecule has 0 atom stereocenters. The molecule has 0 radical (unpaired) electrons. The van der Waals surface area contributed by atoms with Gasteiger partial charge in [-0.05, 0) is 40.2 Å². The summed E-state index contributed by atoms with van der Waals surface area (Å²) in [5.74, 6) is 0.277. The van der Waals surface area contributed by atoms with Crippen LogP contribution in [0.2, 0.25) is 0 Å². The summed E-state index contributed by atoms with van der Waals surface area (Å²) in [4.78, 5) is 13.6. The molecule has 0 bridgehead atoms. The molecule has 84 valence electrons. The van der Waals surface area contributed by atoms with E-state index in [0.29, 0.717) is 12.5 Å². The van der Waals surface area contributed by atoms with Crippen molar-refractivity contribution in [2.45, 2.75) is 52.5 Å². The molecule has 0 rings (SSSR count). The average molecular weight is 200 g/mol. The van der Waals surface area contributed by atoms with Crippen LogP contribution in [0, 0.1) is 0 Å². The van der Waals surface area contributed by atoms with Crippen molar-refractivity contribution in [2.24, 2.45) is 5.73 Å². The van der Waals surface area contributed by atoms with E-state index in [0.717, 1.165) is 32.4 Å². The van der Waals surface area contributed by atoms with E-state index < -0.39 is 0 Å². The van der Waals surface area contributed by atoms with E-state index in [1.807, 2.05) is 11.8 Å². The average Bonchev–Trinajstić information content (AvgIpc) is 2.13. The van der Waals surface area contributed by atoms with Crippen LogP contribution in [-0.2, 0) is 4.79 Å². The maximum absolute atomic E-state index is 11.7. The van der Waals surface area contributed by atoms with Gasteiger partial charge >= 0.3 is 0 Å². The molecule has 0 saturated carbocycles. The number of nitrogens with two attached hydrogens (primary N) is 1. The molecule has 0 heterocycles. The van der Waals surface area contributed by atoms with Crippen LogP contribution in [0.5, 0.6) is 0 Å². The zero-order valence-electron chi connectivity index (χ0n) is 9.75. The highest BCUT2D eigenvalue weighted by atomic mass is 16.2. The molecule has 2 N–H and O–H groups in total. The number of rotatable bonds is 7. The Kier molecular flexibility index (Phi) is 7.48. The van der Waals surface area contributed by atoms with E-state index >= 15 is 0 Å². The monoisotopic (exact) mass is 200 g/mol. The van der Waals surface area contributed by atoms with Crippen LogP contribution >= 0.6 is 0 Å². The molecule has 3 heteroatoms. The lowest BCUT2D eigenvalue weighted by Gasteiger charge is -2.25. The highest BCUT2D eigenvalue weighted by Gasteiger charge is 2.13. The fraction of sp³-hybridized carbons (Fsp3) is 0.909. The number of carbonyl (C=O) groups is 1. The van der Waals surface area contributed by atoms with Crippen molar-refractivity contribution in [1.82, 2.24) is 4.90 Å². The highest BCUT2D eigenvalue weighted by molar-refractivity contribution is 5.76. The van der Waals surface area contributed by atoms with Gasteiger partial charge in [-0.25, -0.2) is 0 Å². The number of nitrogens with zero attached hydrogens (tertiary/aromatic N) is 1. The van der Waals surface area contributed by atoms with Crippen molar-refractivity contribution in [2.75, 3.05) is 13.1 Å². The van der Waals surface area contributed by atoms with Crippen LogP contribution < -0.4 is 5.73 Å². The molecule has 3 nitrogen and oxygen atoms in total. The number of carbonyl (C=O) groups excluding carboxylic acids is 1. The van der Waals surface area contributed by atoms with Crippen molar-refractivity contribution < 1.29 is 4.79 Å². The summed E-state index contributed by atoms with van der Waals surface area (Å²) in [5, 5.41) is 0. The van der Waals surface area contributed by atoms with E-state index in [4.69, 9.17) is 5.73 Å². The molecular weight excluding hydrogens is 176 g/mol. The van der Waals surface area contributed by atoms with Crippen LogP contribution in [0.25, 0.3) is 0 Å². The lowest BCUT2D eigenvalue weighted by atomic mass is 10.1. The standard InChI is InChI=1S/C11H24N2O/c1-4-13(10(2)3)11(14)8-6-5-7-9-12/h10H,4-9,12H2,1-3H3. The van der Waals surface area contributed by atoms with Crippen molar-refractivity contribution in [3.8, 4) is 0 Å². The van der Waals surface area contributed by atoms with Crippen LogP contribution in [0.3, 0.4) is 0 Å². The predicted molar refractivity (Wildman–Crippen MR) is 60.0 cm³/mol. The normalized spacial score (nSPS) is 10.6. The smallest absolute Gasteiger partial charge is 0.222 e. The van der Waals surface area contributed by atoms with Crippen LogP contribution in [0.4, 0.5) is 0 Å². The molecular formula is C11H24N2O. The van der Waals surface area contributed by atoms with Gasteiger partial charge in [0.05, 0.1) is 0 Å². The Hall–Kier alpha value is -0.570. The van der Waals surface area contributed by atoms with Crippen LogP contribution in [-0.4, -0.2) is 29.9 Å². The highest BCUT2D eigenvalue weighted by Crippen LogP contribution is 2.05. The van der Waals surface area contributed by atoms with Gasteiger partial charge in [-0.3, -0.25) is 4.79 Å². The molecule has 0 aliphatic heterocycles. The molecule has 0 saturated heterocycles. The van der Waals surface area contributed by atoms with E-state index in [1.165, 1.54) is 0 Å². The first-order valence-corrected chi connectivity index (χ1v) is 5.63. The minimum Gasteiger partial charge on any atom is -0.341 e. The molecule has 0 aliphatic rings. The van der Waals surface area contributed by atoms with Gasteiger partial charge in [0.15, 0.2) is 0 Å². The first-order valence-electron chi connectivity index (χ1n) is 5.63. The van der Waals surface area contributed by atoms with Gasteiger partial charge in [0.1, 0.15) is 0 Å². The summed E-state index contributed by atoms with van der Waals surface area (Å²) in [6.07, 6.45) is 3.74. The second-order valence-electron chi connectivity index (χ2n) is 3.87. The summed E-state index contributed by atoms with van der Waals surface area (Å²) in [6, 6.07) is 0.321. The fourth-order valence-corrected chi connectivity index (χ4v) is 1.57. The van der Waals surface area contributed by atoms with Crippen LogP contribution in [0.1, 0.15) is 46.5 Å². The molecule has 0 aliphatic carbocycles. The Labute approximate surface area is 87.6 Å². The number of unbranched alkanes of at least 4 members (excludes halogenated alkanes) is 2. The Morgan fingerprint density at radius 1 is 1.29 bits per heavy atom. The van der Waals surface area contributed by atoms with Crippen molar-refractivity contribution >= 4 is 5.91 Å². The van der Waals surface area contributed by atoms with Gasteiger partial charge < -0.3 is 10.6 Å². The third-order valence-electron chi connectivity index (χ3n) is 2.38. The Morgan fingerprint density at radius 2 is 1.93 bits per heavy atom. The SMILES string of the molecule is CCN(C(=O)CCCCCN)C(C)C. The van der Waals surface area contributed by atoms with E-state index in [1.54, 1.807) is 0 Å². The quantitative estimate of drug-likeness (QED) is 0.637. The molecule has 0 aromatic carbocycles. The molecule has 0 fully saturated rings. The maximum Gasteiger partial charge on any atom is 0.222 e. The third-order valence-corrected chi connectivity index (χ3v) is 2.38. The zero-order valence-corrected chi connectivity index (χ0v) is 9.75. The third kappa shape index (κ3) is 5.22. The minimum absolute atomic E-state index is 0.277.